The van der Waals surface area contributed by atoms with Gasteiger partial charge < -0.3 is 15.2 Å². The number of rotatable bonds is 5. The van der Waals surface area contributed by atoms with Crippen molar-refractivity contribution in [3.05, 3.63) is 65.2 Å². The van der Waals surface area contributed by atoms with Crippen molar-refractivity contribution in [2.24, 2.45) is 0 Å². The Labute approximate surface area is 128 Å². The number of nitrogens with one attached hydrogen (secondary N) is 1. The zero-order chi connectivity index (χ0) is 16.1. The fraction of sp³-hybridized carbons (Fsp3) is 0.176. The average Bonchev–Trinajstić information content (AvgIpc) is 2.54. The highest BCUT2D eigenvalue weighted by Crippen LogP contribution is 2.21. The number of methoxy groups -OCH3 is 1. The molecular formula is C17H17NO4. The minimum Gasteiger partial charge on any atom is -0.496 e. The first kappa shape index (κ1) is 15.6. The maximum absolute atomic E-state index is 12.4. The first-order valence-electron chi connectivity index (χ1n) is 6.80. The molecule has 0 aliphatic carbocycles. The van der Waals surface area contributed by atoms with Gasteiger partial charge in [0.25, 0.3) is 5.91 Å². The van der Waals surface area contributed by atoms with Crippen LogP contribution < -0.4 is 10.1 Å². The summed E-state index contributed by atoms with van der Waals surface area (Å²) in [5.74, 6) is -1.13. The third-order valence-electron chi connectivity index (χ3n) is 3.34. The maximum atomic E-state index is 12.4. The lowest BCUT2D eigenvalue weighted by molar-refractivity contribution is 0.0697. The zero-order valence-electron chi connectivity index (χ0n) is 12.4. The Balaban J connectivity index is 2.25. The zero-order valence-corrected chi connectivity index (χ0v) is 12.4. The highest BCUT2D eigenvalue weighted by atomic mass is 16.5. The lowest BCUT2D eigenvalue weighted by Crippen LogP contribution is -2.27. The van der Waals surface area contributed by atoms with Crippen LogP contribution in [0.2, 0.25) is 0 Å². The summed E-state index contributed by atoms with van der Waals surface area (Å²) in [6.45, 7) is 1.86. The monoisotopic (exact) mass is 299 g/mol. The molecule has 0 heterocycles. The maximum Gasteiger partial charge on any atom is 0.335 e. The van der Waals surface area contributed by atoms with Gasteiger partial charge in [0.2, 0.25) is 0 Å². The van der Waals surface area contributed by atoms with Crippen LogP contribution in [0.25, 0.3) is 0 Å². The molecule has 114 valence electrons. The quantitative estimate of drug-likeness (QED) is 0.890. The molecule has 22 heavy (non-hydrogen) atoms. The normalized spacial score (nSPS) is 11.5. The predicted molar refractivity (Wildman–Crippen MR) is 82.3 cm³/mol. The first-order valence-corrected chi connectivity index (χ1v) is 6.80. The Morgan fingerprint density at radius 1 is 1.14 bits per heavy atom. The van der Waals surface area contributed by atoms with Crippen molar-refractivity contribution in [3.63, 3.8) is 0 Å². The van der Waals surface area contributed by atoms with E-state index < -0.39 is 5.97 Å². The van der Waals surface area contributed by atoms with Gasteiger partial charge in [-0.15, -0.1) is 0 Å². The molecule has 0 aliphatic heterocycles. The summed E-state index contributed by atoms with van der Waals surface area (Å²) in [6.07, 6.45) is 0. The van der Waals surface area contributed by atoms with Crippen molar-refractivity contribution >= 4 is 11.9 Å². The third kappa shape index (κ3) is 3.44. The molecule has 0 bridgehead atoms. The van der Waals surface area contributed by atoms with Gasteiger partial charge in [-0.1, -0.05) is 30.3 Å². The van der Waals surface area contributed by atoms with Crippen LogP contribution in [-0.2, 0) is 0 Å². The van der Waals surface area contributed by atoms with Crippen LogP contribution in [0.1, 0.15) is 39.2 Å². The Bertz CT molecular complexity index is 682. The highest BCUT2D eigenvalue weighted by molar-refractivity contribution is 6.00. The van der Waals surface area contributed by atoms with E-state index in [0.29, 0.717) is 5.75 Å². The Morgan fingerprint density at radius 3 is 2.41 bits per heavy atom. The number of amides is 1. The fourth-order valence-electron chi connectivity index (χ4n) is 2.12. The summed E-state index contributed by atoms with van der Waals surface area (Å²) in [4.78, 5) is 23.4. The molecule has 2 rings (SSSR count). The summed E-state index contributed by atoms with van der Waals surface area (Å²) in [5.41, 5.74) is 1.20. The number of benzene rings is 2. The lowest BCUT2D eigenvalue weighted by Gasteiger charge is -2.16. The third-order valence-corrected chi connectivity index (χ3v) is 3.34. The second-order valence-corrected chi connectivity index (χ2v) is 4.83. The van der Waals surface area contributed by atoms with E-state index in [2.05, 4.69) is 5.32 Å². The van der Waals surface area contributed by atoms with Gasteiger partial charge in [0.1, 0.15) is 5.75 Å². The summed E-state index contributed by atoms with van der Waals surface area (Å²) in [6, 6.07) is 13.5. The smallest absolute Gasteiger partial charge is 0.335 e. The van der Waals surface area contributed by atoms with E-state index in [1.807, 2.05) is 37.3 Å². The van der Waals surface area contributed by atoms with E-state index in [1.54, 1.807) is 0 Å². The number of ether oxygens (including phenoxy) is 1. The van der Waals surface area contributed by atoms with Gasteiger partial charge in [-0.2, -0.15) is 0 Å². The van der Waals surface area contributed by atoms with Crippen molar-refractivity contribution < 1.29 is 19.4 Å². The van der Waals surface area contributed by atoms with Crippen LogP contribution in [0.3, 0.4) is 0 Å². The average molecular weight is 299 g/mol. The van der Waals surface area contributed by atoms with Gasteiger partial charge in [0.05, 0.1) is 24.3 Å². The van der Waals surface area contributed by atoms with Crippen molar-refractivity contribution in [2.45, 2.75) is 13.0 Å². The largest absolute Gasteiger partial charge is 0.496 e. The van der Waals surface area contributed by atoms with Crippen molar-refractivity contribution in [2.75, 3.05) is 7.11 Å². The SMILES string of the molecule is COc1ccc(C(=O)O)cc1C(=O)N[C@H](C)c1ccccc1. The Morgan fingerprint density at radius 2 is 1.82 bits per heavy atom. The van der Waals surface area contributed by atoms with Gasteiger partial charge in [0, 0.05) is 0 Å². The van der Waals surface area contributed by atoms with Crippen LogP contribution in [0.5, 0.6) is 5.75 Å². The first-order chi connectivity index (χ1) is 10.5. The fourth-order valence-corrected chi connectivity index (χ4v) is 2.12. The number of hydrogen-bond donors (Lipinski definition) is 2. The topological polar surface area (TPSA) is 75.6 Å². The van der Waals surface area contributed by atoms with E-state index in [0.717, 1.165) is 5.56 Å². The summed E-state index contributed by atoms with van der Waals surface area (Å²) >= 11 is 0. The van der Waals surface area contributed by atoms with Gasteiger partial charge in [-0.05, 0) is 30.7 Å². The molecule has 0 unspecified atom stereocenters. The molecule has 5 heteroatoms. The standard InChI is InChI=1S/C17H17NO4/c1-11(12-6-4-3-5-7-12)18-16(19)14-10-13(17(20)21)8-9-15(14)22-2/h3-11H,1-2H3,(H,18,19)(H,20,21)/t11-/m1/s1. The van der Waals surface area contributed by atoms with Crippen molar-refractivity contribution in [3.8, 4) is 5.75 Å². The van der Waals surface area contributed by atoms with Gasteiger partial charge in [-0.3, -0.25) is 4.79 Å². The molecule has 1 atom stereocenters. The summed E-state index contributed by atoms with van der Waals surface area (Å²) < 4.78 is 5.13. The molecular weight excluding hydrogens is 282 g/mol. The van der Waals surface area contributed by atoms with E-state index in [1.165, 1.54) is 25.3 Å². The van der Waals surface area contributed by atoms with Crippen LogP contribution in [0.15, 0.2) is 48.5 Å². The van der Waals surface area contributed by atoms with Crippen LogP contribution in [-0.4, -0.2) is 24.1 Å². The van der Waals surface area contributed by atoms with Gasteiger partial charge in [0.15, 0.2) is 0 Å². The summed E-state index contributed by atoms with van der Waals surface area (Å²) in [5, 5.41) is 11.9. The molecule has 0 fully saturated rings. The van der Waals surface area contributed by atoms with E-state index >= 15 is 0 Å². The highest BCUT2D eigenvalue weighted by Gasteiger charge is 2.17. The number of hydrogen-bond acceptors (Lipinski definition) is 3. The molecule has 2 N–H and O–H groups in total. The lowest BCUT2D eigenvalue weighted by atomic mass is 10.1. The second-order valence-electron chi connectivity index (χ2n) is 4.83. The van der Waals surface area contributed by atoms with E-state index in [4.69, 9.17) is 9.84 Å². The molecule has 5 nitrogen and oxygen atoms in total. The molecule has 2 aromatic carbocycles. The molecule has 0 aliphatic rings. The van der Waals surface area contributed by atoms with Crippen LogP contribution in [0, 0.1) is 0 Å². The molecule has 0 saturated carbocycles. The number of carboxylic acids is 1. The number of carbonyl (C=O) groups is 2. The molecule has 0 aromatic heterocycles. The second kappa shape index (κ2) is 6.76. The summed E-state index contributed by atoms with van der Waals surface area (Å²) in [7, 11) is 1.44. The van der Waals surface area contributed by atoms with Gasteiger partial charge in [-0.25, -0.2) is 4.79 Å². The predicted octanol–water partition coefficient (Wildman–Crippen LogP) is 2.88. The van der Waals surface area contributed by atoms with Gasteiger partial charge >= 0.3 is 5.97 Å². The molecule has 2 aromatic rings. The van der Waals surface area contributed by atoms with E-state index in [-0.39, 0.29) is 23.1 Å². The Hall–Kier alpha value is -2.82. The van der Waals surface area contributed by atoms with Crippen molar-refractivity contribution in [1.82, 2.24) is 5.32 Å². The molecule has 0 radical (unpaired) electrons. The minimum absolute atomic E-state index is 0.0401. The molecule has 0 spiro atoms. The minimum atomic E-state index is -1.09. The van der Waals surface area contributed by atoms with Crippen molar-refractivity contribution in [1.29, 1.82) is 0 Å². The van der Waals surface area contributed by atoms with E-state index in [9.17, 15) is 9.59 Å². The van der Waals surface area contributed by atoms with Crippen LogP contribution in [0.4, 0.5) is 0 Å². The van der Waals surface area contributed by atoms with Crippen LogP contribution >= 0.6 is 0 Å². The molecule has 0 saturated heterocycles. The number of carbonyl (C=O) groups excluding carboxylic acids is 1. The Kier molecular flexibility index (Phi) is 4.78. The number of aromatic carboxylic acids is 1. The molecule has 1 amide bonds. The number of carboxylic acid groups (broad SMARTS) is 1.